The number of hydrogen-bond acceptors (Lipinski definition) is 8. The molecule has 0 radical (unpaired) electrons. The number of ether oxygens (including phenoxy) is 1. The van der Waals surface area contributed by atoms with Crippen LogP contribution in [0.15, 0.2) is 18.5 Å². The van der Waals surface area contributed by atoms with E-state index in [9.17, 15) is 5.26 Å². The molecule has 0 bridgehead atoms. The van der Waals surface area contributed by atoms with Gasteiger partial charge in [0.25, 0.3) is 0 Å². The molecule has 2 fully saturated rings. The van der Waals surface area contributed by atoms with Crippen molar-refractivity contribution in [2.75, 3.05) is 19.0 Å². The summed E-state index contributed by atoms with van der Waals surface area (Å²) in [5.74, 6) is 0.371. The molecule has 0 aromatic carbocycles. The minimum absolute atomic E-state index is 0.0288. The Labute approximate surface area is 157 Å². The fourth-order valence-electron chi connectivity index (χ4n) is 3.91. The molecular formula is C17H24N5O4P. The summed E-state index contributed by atoms with van der Waals surface area (Å²) >= 11 is 0. The summed E-state index contributed by atoms with van der Waals surface area (Å²) in [5.41, 5.74) is 6.40. The van der Waals surface area contributed by atoms with Crippen molar-refractivity contribution >= 4 is 19.3 Å². The Morgan fingerprint density at radius 2 is 2.26 bits per heavy atom. The second kappa shape index (κ2) is 6.36. The van der Waals surface area contributed by atoms with Crippen LogP contribution in [0.3, 0.4) is 0 Å². The van der Waals surface area contributed by atoms with Crippen molar-refractivity contribution in [1.29, 1.82) is 5.26 Å². The molecule has 4 atom stereocenters. The first kappa shape index (κ1) is 18.5. The number of aromatic nitrogens is 3. The van der Waals surface area contributed by atoms with E-state index in [2.05, 4.69) is 16.2 Å². The van der Waals surface area contributed by atoms with E-state index in [1.54, 1.807) is 4.52 Å². The van der Waals surface area contributed by atoms with Gasteiger partial charge in [0.2, 0.25) is 0 Å². The number of hydrogen-bond donors (Lipinski definition) is 1. The number of rotatable bonds is 3. The van der Waals surface area contributed by atoms with Gasteiger partial charge in [-0.25, -0.2) is 0 Å². The standard InChI is InChI=1S/C17H24N5O4P/c1-10(2)25-27(4)23-7-13-15(26-27)17(3,8-18)14(24-13)11-5-6-12-16(19)20-9-21-22(11)12/h5-6,9-10,13-15,27H,7H2,1-4H3,(H2,19,20,21)/t13-,14+,15-,17+/m1/s1. The number of nitriles is 1. The van der Waals surface area contributed by atoms with E-state index in [-0.39, 0.29) is 12.2 Å². The Kier molecular flexibility index (Phi) is 4.37. The second-order valence-electron chi connectivity index (χ2n) is 7.53. The van der Waals surface area contributed by atoms with Gasteiger partial charge in [0.15, 0.2) is 0 Å². The molecule has 2 aliphatic heterocycles. The number of anilines is 1. The summed E-state index contributed by atoms with van der Waals surface area (Å²) in [4.78, 5) is 4.01. The first-order valence-electron chi connectivity index (χ1n) is 8.92. The van der Waals surface area contributed by atoms with E-state index >= 15 is 0 Å². The van der Waals surface area contributed by atoms with Crippen LogP contribution in [-0.4, -0.2) is 46.2 Å². The molecule has 146 valence electrons. The molecule has 2 N–H and O–H groups in total. The van der Waals surface area contributed by atoms with Crippen LogP contribution in [0, 0.1) is 16.7 Å². The first-order chi connectivity index (χ1) is 12.8. The number of nitrogens with two attached hydrogens (primary N) is 1. The van der Waals surface area contributed by atoms with Crippen LogP contribution in [0.25, 0.3) is 5.52 Å². The quantitative estimate of drug-likeness (QED) is 0.789. The first-order valence-corrected chi connectivity index (χ1v) is 11.1. The van der Waals surface area contributed by atoms with Crippen LogP contribution >= 0.6 is 7.94 Å². The Hall–Kier alpha value is -1.82. The molecule has 2 aliphatic rings. The van der Waals surface area contributed by atoms with Gasteiger partial charge in [0, 0.05) is 0 Å². The van der Waals surface area contributed by atoms with E-state index in [4.69, 9.17) is 24.0 Å². The zero-order valence-electron chi connectivity index (χ0n) is 15.7. The average Bonchev–Trinajstić information content (AvgIpc) is 3.15. The van der Waals surface area contributed by atoms with E-state index in [0.29, 0.717) is 17.9 Å². The number of nitrogens with zero attached hydrogens (tertiary/aromatic N) is 4. The van der Waals surface area contributed by atoms with Crippen molar-refractivity contribution in [1.82, 2.24) is 14.6 Å². The fraction of sp³-hybridized carbons (Fsp3) is 0.588. The summed E-state index contributed by atoms with van der Waals surface area (Å²) in [6.07, 6.45) is -0.00759. The van der Waals surface area contributed by atoms with Gasteiger partial charge in [-0.3, -0.25) is 0 Å². The molecule has 2 aromatic rings. The van der Waals surface area contributed by atoms with Gasteiger partial charge in [-0.2, -0.15) is 0 Å². The van der Waals surface area contributed by atoms with Crippen molar-refractivity contribution in [2.45, 2.75) is 45.2 Å². The SMILES string of the molecule is CC(C)O[PH]1(C)OC[C@H]2O[C@@H](c3ccc4c(N)ncnn34)[C@](C)(C#N)[C@@H]2O1. The summed E-state index contributed by atoms with van der Waals surface area (Å²) in [6.45, 7) is 7.90. The van der Waals surface area contributed by atoms with Crippen molar-refractivity contribution in [3.63, 3.8) is 0 Å². The van der Waals surface area contributed by atoms with Crippen LogP contribution in [0.2, 0.25) is 0 Å². The van der Waals surface area contributed by atoms with Crippen molar-refractivity contribution in [3.8, 4) is 6.07 Å². The zero-order chi connectivity index (χ0) is 19.4. The molecule has 4 rings (SSSR count). The van der Waals surface area contributed by atoms with Gasteiger partial charge < -0.3 is 0 Å². The third-order valence-electron chi connectivity index (χ3n) is 5.11. The summed E-state index contributed by atoms with van der Waals surface area (Å²) < 4.78 is 26.0. The zero-order valence-corrected chi connectivity index (χ0v) is 16.7. The third-order valence-corrected chi connectivity index (χ3v) is 7.38. The molecule has 27 heavy (non-hydrogen) atoms. The van der Waals surface area contributed by atoms with Crippen LogP contribution in [0.5, 0.6) is 0 Å². The van der Waals surface area contributed by atoms with Gasteiger partial charge in [-0.15, -0.1) is 0 Å². The Bertz CT molecular complexity index is 914. The van der Waals surface area contributed by atoms with Crippen molar-refractivity contribution < 1.29 is 18.3 Å². The van der Waals surface area contributed by atoms with Crippen molar-refractivity contribution in [3.05, 3.63) is 24.2 Å². The van der Waals surface area contributed by atoms with Crippen LogP contribution in [0.1, 0.15) is 32.6 Å². The number of nitrogen functional groups attached to an aromatic ring is 1. The molecule has 9 nitrogen and oxygen atoms in total. The van der Waals surface area contributed by atoms with E-state index in [1.807, 2.05) is 39.6 Å². The van der Waals surface area contributed by atoms with Crippen molar-refractivity contribution in [2.24, 2.45) is 5.41 Å². The normalized spacial score (nSPS) is 33.7. The maximum absolute atomic E-state index is 10.1. The topological polar surface area (TPSA) is 117 Å². The molecule has 2 aromatic heterocycles. The summed E-state index contributed by atoms with van der Waals surface area (Å²) in [6, 6.07) is 6.11. The molecule has 0 spiro atoms. The van der Waals surface area contributed by atoms with Gasteiger partial charge >= 0.3 is 157 Å². The minimum atomic E-state index is -2.85. The Balaban J connectivity index is 1.72. The fourth-order valence-corrected chi connectivity index (χ4v) is 6.28. The Morgan fingerprint density at radius 3 is 2.96 bits per heavy atom. The van der Waals surface area contributed by atoms with Gasteiger partial charge in [-0.05, 0) is 0 Å². The number of fused-ring (bicyclic) bond motifs is 2. The van der Waals surface area contributed by atoms with E-state index in [1.165, 1.54) is 6.33 Å². The van der Waals surface area contributed by atoms with E-state index < -0.39 is 25.6 Å². The Morgan fingerprint density at radius 1 is 1.48 bits per heavy atom. The summed E-state index contributed by atoms with van der Waals surface area (Å²) in [5, 5.41) is 14.3. The monoisotopic (exact) mass is 393 g/mol. The average molecular weight is 393 g/mol. The maximum atomic E-state index is 10.1. The summed E-state index contributed by atoms with van der Waals surface area (Å²) in [7, 11) is -2.85. The molecule has 0 amide bonds. The second-order valence-corrected chi connectivity index (χ2v) is 10.0. The molecule has 0 unspecified atom stereocenters. The van der Waals surface area contributed by atoms with Gasteiger partial charge in [0.1, 0.15) is 0 Å². The predicted octanol–water partition coefficient (Wildman–Crippen LogP) is 2.25. The van der Waals surface area contributed by atoms with Crippen LogP contribution < -0.4 is 5.73 Å². The predicted molar refractivity (Wildman–Crippen MR) is 100 cm³/mol. The third kappa shape index (κ3) is 2.89. The molecule has 4 heterocycles. The molecule has 2 saturated heterocycles. The molecule has 10 heteroatoms. The van der Waals surface area contributed by atoms with E-state index in [0.717, 1.165) is 5.69 Å². The molecular weight excluding hydrogens is 369 g/mol. The molecule has 0 saturated carbocycles. The molecule has 0 aliphatic carbocycles. The van der Waals surface area contributed by atoms with Gasteiger partial charge in [-0.1, -0.05) is 0 Å². The van der Waals surface area contributed by atoms with Gasteiger partial charge in [0.05, 0.1) is 0 Å². The van der Waals surface area contributed by atoms with Crippen LogP contribution in [0.4, 0.5) is 5.82 Å². The van der Waals surface area contributed by atoms with Crippen LogP contribution in [-0.2, 0) is 18.3 Å².